The van der Waals surface area contributed by atoms with Crippen molar-refractivity contribution in [3.05, 3.63) is 60.2 Å². The van der Waals surface area contributed by atoms with Crippen LogP contribution in [0.25, 0.3) is 0 Å². The molecule has 37 heavy (non-hydrogen) atoms. The van der Waals surface area contributed by atoms with Crippen LogP contribution < -0.4 is 9.47 Å². The zero-order chi connectivity index (χ0) is 26.3. The Kier molecular flexibility index (Phi) is 12.1. The molecule has 0 saturated heterocycles. The van der Waals surface area contributed by atoms with Gasteiger partial charge in [0.2, 0.25) is 0 Å². The highest BCUT2D eigenvalue weighted by Gasteiger charge is 2.23. The molecule has 202 valence electrons. The largest absolute Gasteiger partial charge is 0.494 e. The number of aliphatic carboxylic acids is 1. The highest BCUT2D eigenvalue weighted by molar-refractivity contribution is 5.72. The average molecular weight is 514 g/mol. The Morgan fingerprint density at radius 2 is 1.59 bits per heavy atom. The number of benzene rings is 2. The molecule has 1 aliphatic rings. The standard InChI is InChI=1S/C29H39NO7/c1-2-34-27(28(31)32)22-23-14-16-25(17-15-23)36-21-19-30(29(33)37-26-12-6-7-13-26)18-8-9-20-35-24-10-4-3-5-11-24/h3-5,10-11,14-17,26-27H,2,6-9,12-13,18-22H2,1H3,(H,31,32). The lowest BCUT2D eigenvalue weighted by Crippen LogP contribution is -2.37. The van der Waals surface area contributed by atoms with Crippen molar-refractivity contribution in [3.8, 4) is 11.5 Å². The fourth-order valence-electron chi connectivity index (χ4n) is 4.26. The van der Waals surface area contributed by atoms with Gasteiger partial charge in [-0.15, -0.1) is 0 Å². The zero-order valence-corrected chi connectivity index (χ0v) is 21.7. The fraction of sp³-hybridized carbons (Fsp3) is 0.517. The lowest BCUT2D eigenvalue weighted by Gasteiger charge is -2.24. The maximum Gasteiger partial charge on any atom is 0.410 e. The monoisotopic (exact) mass is 513 g/mol. The number of nitrogens with zero attached hydrogens (tertiary/aromatic N) is 1. The van der Waals surface area contributed by atoms with Gasteiger partial charge >= 0.3 is 12.1 Å². The predicted octanol–water partition coefficient (Wildman–Crippen LogP) is 5.34. The molecule has 1 saturated carbocycles. The smallest absolute Gasteiger partial charge is 0.410 e. The minimum atomic E-state index is -0.974. The van der Waals surface area contributed by atoms with Crippen molar-refractivity contribution in [1.82, 2.24) is 4.90 Å². The van der Waals surface area contributed by atoms with Crippen LogP contribution in [0.1, 0.15) is 51.0 Å². The first-order valence-corrected chi connectivity index (χ1v) is 13.2. The molecule has 1 fully saturated rings. The Labute approximate surface area is 219 Å². The first kappa shape index (κ1) is 28.3. The van der Waals surface area contributed by atoms with E-state index in [0.29, 0.717) is 38.7 Å². The van der Waals surface area contributed by atoms with Crippen LogP contribution in [0.5, 0.6) is 11.5 Å². The van der Waals surface area contributed by atoms with E-state index >= 15 is 0 Å². The molecule has 8 heteroatoms. The van der Waals surface area contributed by atoms with Gasteiger partial charge in [-0.2, -0.15) is 0 Å². The van der Waals surface area contributed by atoms with E-state index in [1.165, 1.54) is 0 Å². The molecule has 3 rings (SSSR count). The van der Waals surface area contributed by atoms with Crippen molar-refractivity contribution in [1.29, 1.82) is 0 Å². The number of carbonyl (C=O) groups excluding carboxylic acids is 1. The van der Waals surface area contributed by atoms with Gasteiger partial charge in [-0.25, -0.2) is 9.59 Å². The van der Waals surface area contributed by atoms with Crippen LogP contribution in [0.4, 0.5) is 4.79 Å². The summed E-state index contributed by atoms with van der Waals surface area (Å²) in [6.45, 7) is 4.02. The maximum atomic E-state index is 12.8. The molecule has 0 spiro atoms. The van der Waals surface area contributed by atoms with E-state index in [9.17, 15) is 14.7 Å². The number of ether oxygens (including phenoxy) is 4. The van der Waals surface area contributed by atoms with Gasteiger partial charge < -0.3 is 29.0 Å². The van der Waals surface area contributed by atoms with Gasteiger partial charge in [-0.1, -0.05) is 30.3 Å². The highest BCUT2D eigenvalue weighted by Crippen LogP contribution is 2.22. The van der Waals surface area contributed by atoms with Crippen molar-refractivity contribution in [2.75, 3.05) is 32.9 Å². The Hall–Kier alpha value is -3.26. The van der Waals surface area contributed by atoms with Crippen molar-refractivity contribution < 1.29 is 33.6 Å². The van der Waals surface area contributed by atoms with Gasteiger partial charge in [-0.05, 0) is 75.3 Å². The van der Waals surface area contributed by atoms with E-state index in [0.717, 1.165) is 49.8 Å². The number of hydrogen-bond donors (Lipinski definition) is 1. The summed E-state index contributed by atoms with van der Waals surface area (Å²) in [5, 5.41) is 9.27. The SMILES string of the molecule is CCOC(Cc1ccc(OCCN(CCCCOc2ccccc2)C(=O)OC2CCCC2)cc1)C(=O)O. The third kappa shape index (κ3) is 10.3. The molecule has 2 aromatic rings. The molecule has 1 unspecified atom stereocenters. The van der Waals surface area contributed by atoms with Gasteiger partial charge in [0.05, 0.1) is 13.2 Å². The van der Waals surface area contributed by atoms with Gasteiger partial charge in [0, 0.05) is 19.6 Å². The summed E-state index contributed by atoms with van der Waals surface area (Å²) in [5.41, 5.74) is 0.854. The van der Waals surface area contributed by atoms with E-state index in [2.05, 4.69) is 0 Å². The topological polar surface area (TPSA) is 94.5 Å². The Morgan fingerprint density at radius 3 is 2.27 bits per heavy atom. The molecular weight excluding hydrogens is 474 g/mol. The quantitative estimate of drug-likeness (QED) is 0.303. The summed E-state index contributed by atoms with van der Waals surface area (Å²) in [5.74, 6) is 0.529. The van der Waals surface area contributed by atoms with Crippen LogP contribution in [0.3, 0.4) is 0 Å². The number of para-hydroxylation sites is 1. The van der Waals surface area contributed by atoms with Crippen LogP contribution in [-0.2, 0) is 20.7 Å². The molecule has 1 aliphatic carbocycles. The van der Waals surface area contributed by atoms with Gasteiger partial charge in [0.1, 0.15) is 24.2 Å². The number of hydrogen-bond acceptors (Lipinski definition) is 6. The molecule has 8 nitrogen and oxygen atoms in total. The molecule has 1 atom stereocenters. The highest BCUT2D eigenvalue weighted by atomic mass is 16.6. The number of carboxylic acid groups (broad SMARTS) is 1. The predicted molar refractivity (Wildman–Crippen MR) is 140 cm³/mol. The van der Waals surface area contributed by atoms with E-state index in [1.807, 2.05) is 54.6 Å². The second kappa shape index (κ2) is 15.8. The van der Waals surface area contributed by atoms with Crippen LogP contribution in [0, 0.1) is 0 Å². The lowest BCUT2D eigenvalue weighted by molar-refractivity contribution is -0.149. The van der Waals surface area contributed by atoms with E-state index in [4.69, 9.17) is 18.9 Å². The fourth-order valence-corrected chi connectivity index (χ4v) is 4.26. The summed E-state index contributed by atoms with van der Waals surface area (Å²) in [6.07, 6.45) is 4.83. The van der Waals surface area contributed by atoms with Crippen molar-refractivity contribution in [2.45, 2.75) is 64.1 Å². The van der Waals surface area contributed by atoms with Gasteiger partial charge in [0.25, 0.3) is 0 Å². The van der Waals surface area contributed by atoms with Crippen molar-refractivity contribution >= 4 is 12.1 Å². The molecule has 0 aromatic heterocycles. The molecule has 1 N–H and O–H groups in total. The first-order valence-electron chi connectivity index (χ1n) is 13.2. The average Bonchev–Trinajstić information content (AvgIpc) is 3.41. The van der Waals surface area contributed by atoms with Crippen LogP contribution in [0.15, 0.2) is 54.6 Å². The second-order valence-corrected chi connectivity index (χ2v) is 9.12. The summed E-state index contributed by atoms with van der Waals surface area (Å²) in [7, 11) is 0. The third-order valence-electron chi connectivity index (χ3n) is 6.28. The van der Waals surface area contributed by atoms with E-state index in [-0.39, 0.29) is 18.6 Å². The number of carboxylic acids is 1. The molecule has 0 heterocycles. The molecule has 0 aliphatic heterocycles. The third-order valence-corrected chi connectivity index (χ3v) is 6.28. The molecular formula is C29H39NO7. The Bertz CT molecular complexity index is 929. The molecule has 0 radical (unpaired) electrons. The number of carbonyl (C=O) groups is 2. The van der Waals surface area contributed by atoms with Crippen molar-refractivity contribution in [2.24, 2.45) is 0 Å². The maximum absolute atomic E-state index is 12.8. The summed E-state index contributed by atoms with van der Waals surface area (Å²) < 4.78 is 22.6. The minimum absolute atomic E-state index is 0.0104. The summed E-state index contributed by atoms with van der Waals surface area (Å²) in [4.78, 5) is 25.9. The van der Waals surface area contributed by atoms with Gasteiger partial charge in [0.15, 0.2) is 6.10 Å². The summed E-state index contributed by atoms with van der Waals surface area (Å²) >= 11 is 0. The number of amides is 1. The Balaban J connectivity index is 1.45. The van der Waals surface area contributed by atoms with Gasteiger partial charge in [-0.3, -0.25) is 0 Å². The van der Waals surface area contributed by atoms with Crippen LogP contribution in [-0.4, -0.2) is 67.2 Å². The Morgan fingerprint density at radius 1 is 0.919 bits per heavy atom. The van der Waals surface area contributed by atoms with Crippen LogP contribution in [0.2, 0.25) is 0 Å². The van der Waals surface area contributed by atoms with E-state index in [1.54, 1.807) is 11.8 Å². The van der Waals surface area contributed by atoms with Crippen LogP contribution >= 0.6 is 0 Å². The van der Waals surface area contributed by atoms with Crippen molar-refractivity contribution in [3.63, 3.8) is 0 Å². The molecule has 1 amide bonds. The minimum Gasteiger partial charge on any atom is -0.494 e. The number of rotatable bonds is 16. The first-order chi connectivity index (χ1) is 18.0. The second-order valence-electron chi connectivity index (χ2n) is 9.12. The normalized spacial score (nSPS) is 14.2. The zero-order valence-electron chi connectivity index (χ0n) is 21.7. The molecule has 0 bridgehead atoms. The lowest BCUT2D eigenvalue weighted by atomic mass is 10.1. The summed E-state index contributed by atoms with van der Waals surface area (Å²) in [6, 6.07) is 17.0. The molecule has 2 aromatic carbocycles. The van der Waals surface area contributed by atoms with E-state index < -0.39 is 12.1 Å². The number of unbranched alkanes of at least 4 members (excludes halogenated alkanes) is 1.